The van der Waals surface area contributed by atoms with Crippen LogP contribution in [-0.4, -0.2) is 68.5 Å². The Kier molecular flexibility index (Phi) is 7.84. The van der Waals surface area contributed by atoms with Gasteiger partial charge in [0.1, 0.15) is 17.3 Å². The molecule has 1 atom stereocenters. The number of hydrazone groups is 1. The fourth-order valence-corrected chi connectivity index (χ4v) is 5.50. The molecule has 2 aliphatic heterocycles. The zero-order valence-corrected chi connectivity index (χ0v) is 23.0. The summed E-state index contributed by atoms with van der Waals surface area (Å²) in [5.41, 5.74) is 5.66. The lowest BCUT2D eigenvalue weighted by atomic mass is 9.94. The van der Waals surface area contributed by atoms with Gasteiger partial charge in [0, 0.05) is 44.2 Å². The van der Waals surface area contributed by atoms with Crippen molar-refractivity contribution in [2.75, 3.05) is 51.8 Å². The van der Waals surface area contributed by atoms with E-state index in [9.17, 15) is 9.18 Å². The highest BCUT2D eigenvalue weighted by Crippen LogP contribution is 2.37. The second kappa shape index (κ2) is 11.5. The molecular weight excluding hydrogens is 495 g/mol. The van der Waals surface area contributed by atoms with Crippen molar-refractivity contribution < 1.29 is 18.7 Å². The third kappa shape index (κ3) is 5.61. The standard InChI is InChI=1S/C31H35FN4O3/c1-21-9-11-24(22(2)17-21)29-19-27(25-12-10-23(38-3)18-30(25)39-4)33-36(29)31(37)20-34-13-15-35(16-14-34)28-8-6-5-7-26(28)32/h5-12,17-18,29H,13-16,19-20H2,1-4H3. The van der Waals surface area contributed by atoms with E-state index in [1.807, 2.05) is 29.2 Å². The molecule has 39 heavy (non-hydrogen) atoms. The van der Waals surface area contributed by atoms with Gasteiger partial charge in [0.25, 0.3) is 5.91 Å². The molecule has 3 aromatic rings. The van der Waals surface area contributed by atoms with Gasteiger partial charge in [0.2, 0.25) is 0 Å². The molecule has 2 heterocycles. The Hall–Kier alpha value is -3.91. The maximum Gasteiger partial charge on any atom is 0.257 e. The first kappa shape index (κ1) is 26.7. The molecule has 2 aliphatic rings. The SMILES string of the molecule is COc1ccc(C2=NN(C(=O)CN3CCN(c4ccccc4F)CC3)C(c3ccc(C)cc3C)C2)c(OC)c1. The van der Waals surface area contributed by atoms with E-state index in [0.717, 1.165) is 22.4 Å². The van der Waals surface area contributed by atoms with Gasteiger partial charge in [-0.05, 0) is 49.2 Å². The molecule has 3 aromatic carbocycles. The average Bonchev–Trinajstić information content (AvgIpc) is 3.38. The Labute approximate surface area is 229 Å². The van der Waals surface area contributed by atoms with E-state index in [1.54, 1.807) is 31.4 Å². The summed E-state index contributed by atoms with van der Waals surface area (Å²) in [7, 11) is 3.24. The number of carbonyl (C=O) groups is 1. The van der Waals surface area contributed by atoms with E-state index in [1.165, 1.54) is 11.6 Å². The van der Waals surface area contributed by atoms with E-state index in [4.69, 9.17) is 14.6 Å². The molecule has 0 bridgehead atoms. The molecule has 0 N–H and O–H groups in total. The highest BCUT2D eigenvalue weighted by atomic mass is 19.1. The van der Waals surface area contributed by atoms with Gasteiger partial charge in [0.05, 0.1) is 38.2 Å². The van der Waals surface area contributed by atoms with Crippen LogP contribution in [0.15, 0.2) is 65.8 Å². The van der Waals surface area contributed by atoms with Crippen molar-refractivity contribution in [2.24, 2.45) is 5.10 Å². The van der Waals surface area contributed by atoms with E-state index >= 15 is 0 Å². The Morgan fingerprint density at radius 3 is 2.44 bits per heavy atom. The minimum Gasteiger partial charge on any atom is -0.497 e. The number of hydrogen-bond acceptors (Lipinski definition) is 6. The smallest absolute Gasteiger partial charge is 0.257 e. The number of anilines is 1. The maximum absolute atomic E-state index is 14.3. The number of benzene rings is 3. The number of nitrogens with zero attached hydrogens (tertiary/aromatic N) is 4. The predicted octanol–water partition coefficient (Wildman–Crippen LogP) is 4.96. The molecule has 0 saturated carbocycles. The van der Waals surface area contributed by atoms with Crippen LogP contribution in [0.4, 0.5) is 10.1 Å². The molecule has 0 aliphatic carbocycles. The van der Waals surface area contributed by atoms with Crippen LogP contribution in [0.25, 0.3) is 0 Å². The molecule has 0 spiro atoms. The van der Waals surface area contributed by atoms with Crippen molar-refractivity contribution in [3.63, 3.8) is 0 Å². The fraction of sp³-hybridized carbons (Fsp3) is 0.355. The quantitative estimate of drug-likeness (QED) is 0.432. The molecule has 0 radical (unpaired) electrons. The van der Waals surface area contributed by atoms with Gasteiger partial charge in [-0.2, -0.15) is 5.10 Å². The van der Waals surface area contributed by atoms with E-state index < -0.39 is 0 Å². The molecule has 1 unspecified atom stereocenters. The second-order valence-electron chi connectivity index (χ2n) is 10.1. The van der Waals surface area contributed by atoms with Crippen LogP contribution in [0.2, 0.25) is 0 Å². The molecule has 1 fully saturated rings. The largest absolute Gasteiger partial charge is 0.497 e. The Balaban J connectivity index is 1.37. The summed E-state index contributed by atoms with van der Waals surface area (Å²) in [6.07, 6.45) is 0.583. The first-order valence-corrected chi connectivity index (χ1v) is 13.3. The molecule has 0 aromatic heterocycles. The molecule has 7 nitrogen and oxygen atoms in total. The number of carbonyl (C=O) groups excluding carboxylic acids is 1. The van der Waals surface area contributed by atoms with Crippen LogP contribution >= 0.6 is 0 Å². The Morgan fingerprint density at radius 2 is 1.74 bits per heavy atom. The number of ether oxygens (including phenoxy) is 2. The number of aryl methyl sites for hydroxylation is 2. The van der Waals surface area contributed by atoms with Gasteiger partial charge in [-0.15, -0.1) is 0 Å². The summed E-state index contributed by atoms with van der Waals surface area (Å²) in [5.74, 6) is 1.08. The van der Waals surface area contributed by atoms with Crippen molar-refractivity contribution in [1.82, 2.24) is 9.91 Å². The Bertz CT molecular complexity index is 1380. The fourth-order valence-electron chi connectivity index (χ4n) is 5.50. The summed E-state index contributed by atoms with van der Waals surface area (Å²) < 4.78 is 25.3. The molecule has 5 rings (SSSR count). The number of hydrogen-bond donors (Lipinski definition) is 0. The average molecular weight is 531 g/mol. The molecule has 8 heteroatoms. The minimum absolute atomic E-state index is 0.0539. The zero-order valence-electron chi connectivity index (χ0n) is 23.0. The van der Waals surface area contributed by atoms with Crippen molar-refractivity contribution in [1.29, 1.82) is 0 Å². The van der Waals surface area contributed by atoms with E-state index in [2.05, 4.69) is 36.9 Å². The lowest BCUT2D eigenvalue weighted by molar-refractivity contribution is -0.134. The normalized spacial score (nSPS) is 17.8. The first-order chi connectivity index (χ1) is 18.9. The van der Waals surface area contributed by atoms with Crippen molar-refractivity contribution >= 4 is 17.3 Å². The molecular formula is C31H35FN4O3. The highest BCUT2D eigenvalue weighted by molar-refractivity contribution is 6.05. The third-order valence-corrected chi connectivity index (χ3v) is 7.59. The van der Waals surface area contributed by atoms with Gasteiger partial charge < -0.3 is 14.4 Å². The van der Waals surface area contributed by atoms with Gasteiger partial charge in [-0.25, -0.2) is 9.40 Å². The summed E-state index contributed by atoms with van der Waals surface area (Å²) >= 11 is 0. The maximum atomic E-state index is 14.3. The zero-order chi connectivity index (χ0) is 27.5. The van der Waals surface area contributed by atoms with Crippen LogP contribution in [0.1, 0.15) is 34.7 Å². The summed E-state index contributed by atoms with van der Waals surface area (Å²) in [4.78, 5) is 17.9. The van der Waals surface area contributed by atoms with Gasteiger partial charge in [-0.3, -0.25) is 9.69 Å². The summed E-state index contributed by atoms with van der Waals surface area (Å²) in [6.45, 7) is 7.07. The van der Waals surface area contributed by atoms with Crippen LogP contribution in [-0.2, 0) is 4.79 Å². The van der Waals surface area contributed by atoms with Crippen LogP contribution in [0.5, 0.6) is 11.5 Å². The van der Waals surface area contributed by atoms with Crippen molar-refractivity contribution in [3.8, 4) is 11.5 Å². The molecule has 1 saturated heterocycles. The van der Waals surface area contributed by atoms with Gasteiger partial charge in [0.15, 0.2) is 0 Å². The van der Waals surface area contributed by atoms with Crippen molar-refractivity contribution in [2.45, 2.75) is 26.3 Å². The lowest BCUT2D eigenvalue weighted by Crippen LogP contribution is -2.49. The van der Waals surface area contributed by atoms with Crippen molar-refractivity contribution in [3.05, 3.63) is 88.7 Å². The van der Waals surface area contributed by atoms with Crippen LogP contribution in [0, 0.1) is 19.7 Å². The second-order valence-corrected chi connectivity index (χ2v) is 10.1. The third-order valence-electron chi connectivity index (χ3n) is 7.59. The summed E-state index contributed by atoms with van der Waals surface area (Å²) in [6, 6.07) is 18.6. The predicted molar refractivity (Wildman–Crippen MR) is 151 cm³/mol. The number of para-hydroxylation sites is 1. The van der Waals surface area contributed by atoms with Crippen LogP contribution < -0.4 is 14.4 Å². The molecule has 1 amide bonds. The number of rotatable bonds is 7. The number of methoxy groups -OCH3 is 2. The van der Waals surface area contributed by atoms with Gasteiger partial charge >= 0.3 is 0 Å². The van der Waals surface area contributed by atoms with E-state index in [-0.39, 0.29) is 24.3 Å². The highest BCUT2D eigenvalue weighted by Gasteiger charge is 2.36. The summed E-state index contributed by atoms with van der Waals surface area (Å²) in [5, 5.41) is 6.53. The number of halogens is 1. The Morgan fingerprint density at radius 1 is 0.974 bits per heavy atom. The monoisotopic (exact) mass is 530 g/mol. The van der Waals surface area contributed by atoms with Gasteiger partial charge in [-0.1, -0.05) is 35.9 Å². The van der Waals surface area contributed by atoms with Crippen LogP contribution in [0.3, 0.4) is 0 Å². The van der Waals surface area contributed by atoms with E-state index in [0.29, 0.717) is 49.8 Å². The first-order valence-electron chi connectivity index (χ1n) is 13.3. The lowest BCUT2D eigenvalue weighted by Gasteiger charge is -2.36. The number of amides is 1. The molecule has 204 valence electrons. The topological polar surface area (TPSA) is 57.6 Å². The minimum atomic E-state index is -0.216. The number of piperazine rings is 1.